The Morgan fingerprint density at radius 1 is 0.600 bits per heavy atom. The summed E-state index contributed by atoms with van der Waals surface area (Å²) in [6.07, 6.45) is -12.7. The molecule has 0 radical (unpaired) electrons. The smallest absolute Gasteiger partial charge is 0.324 e. The van der Waals surface area contributed by atoms with E-state index in [-0.39, 0.29) is 0 Å². The lowest BCUT2D eigenvalue weighted by atomic mass is 9.93. The molecule has 25 heavy (non-hydrogen) atoms. The van der Waals surface area contributed by atoms with Gasteiger partial charge in [-0.3, -0.25) is 4.57 Å². The van der Waals surface area contributed by atoms with E-state index in [1.165, 1.54) is 0 Å². The second-order valence-electron chi connectivity index (χ2n) is 4.64. The van der Waals surface area contributed by atoms with Gasteiger partial charge in [0.2, 0.25) is 0 Å². The van der Waals surface area contributed by atoms with Crippen molar-refractivity contribution in [3.63, 3.8) is 0 Å². The number of alkyl halides is 13. The van der Waals surface area contributed by atoms with Crippen LogP contribution in [0.5, 0.6) is 0 Å². The van der Waals surface area contributed by atoms with Crippen LogP contribution in [0.15, 0.2) is 0 Å². The van der Waals surface area contributed by atoms with Crippen LogP contribution in [0.1, 0.15) is 6.42 Å². The Hall–Kier alpha value is -0.760. The van der Waals surface area contributed by atoms with Crippen LogP contribution in [0.25, 0.3) is 0 Å². The van der Waals surface area contributed by atoms with Crippen LogP contribution in [0.4, 0.5) is 57.1 Å². The Morgan fingerprint density at radius 3 is 1.20 bits per heavy atom. The average molecular weight is 428 g/mol. The molecule has 0 aromatic carbocycles. The molecule has 0 heterocycles. The molecule has 0 fully saturated rings. The van der Waals surface area contributed by atoms with E-state index in [9.17, 15) is 61.6 Å². The fraction of sp³-hybridized carbons (Fsp3) is 1.00. The molecule has 0 aromatic heterocycles. The molecule has 0 aliphatic heterocycles. The maximum Gasteiger partial charge on any atom is 0.460 e. The largest absolute Gasteiger partial charge is 0.460 e. The Labute approximate surface area is 128 Å². The van der Waals surface area contributed by atoms with Gasteiger partial charge in [0.25, 0.3) is 0 Å². The van der Waals surface area contributed by atoms with Crippen molar-refractivity contribution in [1.29, 1.82) is 0 Å². The molecular weight excluding hydrogens is 422 g/mol. The van der Waals surface area contributed by atoms with Gasteiger partial charge in [-0.1, -0.05) is 0 Å². The fourth-order valence-electron chi connectivity index (χ4n) is 1.25. The Bertz CT molecular complexity index is 534. The molecule has 0 atom stereocenters. The molecule has 0 aliphatic carbocycles. The molecule has 0 bridgehead atoms. The first kappa shape index (κ1) is 24.2. The van der Waals surface area contributed by atoms with Crippen molar-refractivity contribution in [1.82, 2.24) is 0 Å². The minimum absolute atomic E-state index is 2.27. The Morgan fingerprint density at radius 2 is 0.920 bits per heavy atom. The van der Waals surface area contributed by atoms with E-state index >= 15 is 0 Å². The van der Waals surface area contributed by atoms with Crippen molar-refractivity contribution >= 4 is 7.60 Å². The Balaban J connectivity index is 6.07. The third-order valence-electron chi connectivity index (χ3n) is 2.72. The summed E-state index contributed by atoms with van der Waals surface area (Å²) in [5.74, 6) is -37.8. The van der Waals surface area contributed by atoms with Crippen LogP contribution in [-0.4, -0.2) is 51.7 Å². The minimum atomic E-state index is -8.02. The van der Waals surface area contributed by atoms with Gasteiger partial charge in [-0.15, -0.1) is 0 Å². The molecule has 0 saturated carbocycles. The average Bonchev–Trinajstić information content (AvgIpc) is 2.33. The summed E-state index contributed by atoms with van der Waals surface area (Å²) in [5.41, 5.74) is 0. The van der Waals surface area contributed by atoms with Crippen molar-refractivity contribution in [3.05, 3.63) is 0 Å². The lowest BCUT2D eigenvalue weighted by Crippen LogP contribution is -2.70. The summed E-state index contributed by atoms with van der Waals surface area (Å²) in [6, 6.07) is 0. The lowest BCUT2D eigenvalue weighted by Gasteiger charge is -2.39. The van der Waals surface area contributed by atoms with Gasteiger partial charge >= 0.3 is 43.4 Å². The van der Waals surface area contributed by atoms with Gasteiger partial charge in [0, 0.05) is 6.42 Å². The van der Waals surface area contributed by atoms with Crippen LogP contribution >= 0.6 is 7.60 Å². The van der Waals surface area contributed by atoms with Crippen molar-refractivity contribution < 1.29 is 71.4 Å². The normalized spacial score (nSPS) is 16.3. The predicted molar refractivity (Wildman–Crippen MR) is 52.3 cm³/mol. The first-order valence-corrected chi connectivity index (χ1v) is 7.26. The molecule has 0 spiro atoms. The van der Waals surface area contributed by atoms with Gasteiger partial charge in [0.15, 0.2) is 0 Å². The van der Waals surface area contributed by atoms with E-state index in [4.69, 9.17) is 9.79 Å². The van der Waals surface area contributed by atoms with E-state index in [1.807, 2.05) is 0 Å². The SMILES string of the molecule is O=P(O)(O)CCC(F)(F)C(F)(F)C(F)(F)C(F)(F)C(F)(F)C(F)(F)F. The van der Waals surface area contributed by atoms with E-state index in [1.54, 1.807) is 0 Å². The third kappa shape index (κ3) is 3.99. The predicted octanol–water partition coefficient (Wildman–Crippen LogP) is 4.29. The van der Waals surface area contributed by atoms with E-state index in [2.05, 4.69) is 0 Å². The van der Waals surface area contributed by atoms with Gasteiger partial charge in [0.05, 0.1) is 6.16 Å². The zero-order valence-corrected chi connectivity index (χ0v) is 12.0. The summed E-state index contributed by atoms with van der Waals surface area (Å²) >= 11 is 0. The zero-order valence-electron chi connectivity index (χ0n) is 11.1. The molecular formula is C8H6F13O3P. The van der Waals surface area contributed by atoms with Gasteiger partial charge in [0.1, 0.15) is 0 Å². The first-order chi connectivity index (χ1) is 10.5. The quantitative estimate of drug-likeness (QED) is 0.470. The van der Waals surface area contributed by atoms with E-state index in [0.29, 0.717) is 0 Å². The summed E-state index contributed by atoms with van der Waals surface area (Å²) in [5, 5.41) is 0. The lowest BCUT2D eigenvalue weighted by molar-refractivity contribution is -0.439. The monoisotopic (exact) mass is 428 g/mol. The first-order valence-electron chi connectivity index (χ1n) is 5.46. The van der Waals surface area contributed by atoms with Crippen LogP contribution in [0.2, 0.25) is 0 Å². The molecule has 0 amide bonds. The number of hydrogen-bond acceptors (Lipinski definition) is 1. The third-order valence-corrected chi connectivity index (χ3v) is 3.52. The number of hydrogen-bond donors (Lipinski definition) is 2. The fourth-order valence-corrected chi connectivity index (χ4v) is 1.82. The van der Waals surface area contributed by atoms with E-state index in [0.717, 1.165) is 0 Å². The maximum atomic E-state index is 13.0. The molecule has 2 N–H and O–H groups in total. The molecule has 0 aromatic rings. The van der Waals surface area contributed by atoms with Crippen molar-refractivity contribution in [3.8, 4) is 0 Å². The van der Waals surface area contributed by atoms with Crippen molar-refractivity contribution in [2.24, 2.45) is 0 Å². The second kappa shape index (κ2) is 6.15. The highest BCUT2D eigenvalue weighted by molar-refractivity contribution is 7.51. The molecule has 3 nitrogen and oxygen atoms in total. The van der Waals surface area contributed by atoms with E-state index < -0.39 is 56.0 Å². The highest BCUT2D eigenvalue weighted by atomic mass is 31.2. The molecule has 17 heteroatoms. The summed E-state index contributed by atoms with van der Waals surface area (Å²) < 4.78 is 174. The number of halogens is 13. The Kier molecular flexibility index (Phi) is 5.96. The summed E-state index contributed by atoms with van der Waals surface area (Å²) in [6.45, 7) is 0. The van der Waals surface area contributed by atoms with Crippen molar-refractivity contribution in [2.45, 2.75) is 42.2 Å². The van der Waals surface area contributed by atoms with Crippen LogP contribution in [0.3, 0.4) is 0 Å². The van der Waals surface area contributed by atoms with Gasteiger partial charge in [-0.25, -0.2) is 0 Å². The molecule has 0 unspecified atom stereocenters. The van der Waals surface area contributed by atoms with Gasteiger partial charge in [-0.2, -0.15) is 57.1 Å². The standard InChI is InChI=1S/C8H6F13O3P/c9-3(10,1-2-25(22,23)24)4(11,12)5(13,14)6(15,16)7(17,18)8(19,20)21/h1-2H2,(H2,22,23,24). The van der Waals surface area contributed by atoms with Crippen LogP contribution in [-0.2, 0) is 4.57 Å². The summed E-state index contributed by atoms with van der Waals surface area (Å²) in [4.78, 5) is 16.3. The molecule has 152 valence electrons. The zero-order chi connectivity index (χ0) is 20.9. The molecule has 0 saturated heterocycles. The van der Waals surface area contributed by atoms with Crippen LogP contribution < -0.4 is 0 Å². The van der Waals surface area contributed by atoms with Gasteiger partial charge in [-0.05, 0) is 0 Å². The van der Waals surface area contributed by atoms with Crippen molar-refractivity contribution in [2.75, 3.05) is 6.16 Å². The number of rotatable bonds is 7. The van der Waals surface area contributed by atoms with Crippen LogP contribution in [0, 0.1) is 0 Å². The topological polar surface area (TPSA) is 57.5 Å². The highest BCUT2D eigenvalue weighted by Gasteiger charge is 2.90. The summed E-state index contributed by atoms with van der Waals surface area (Å²) in [7, 11) is -5.56. The minimum Gasteiger partial charge on any atom is -0.324 e. The van der Waals surface area contributed by atoms with Gasteiger partial charge < -0.3 is 9.79 Å². The maximum absolute atomic E-state index is 13.0. The second-order valence-corrected chi connectivity index (χ2v) is 6.41. The highest BCUT2D eigenvalue weighted by Crippen LogP contribution is 2.61. The molecule has 0 aliphatic rings. The molecule has 0 rings (SSSR count).